The van der Waals surface area contributed by atoms with E-state index in [-0.39, 0.29) is 12.2 Å². The molecule has 0 aliphatic rings. The minimum Gasteiger partial charge on any atom is -0.384 e. The first-order valence-corrected chi connectivity index (χ1v) is 3.72. The fraction of sp³-hybridized carbons (Fsp3) is 0.200. The van der Waals surface area contributed by atoms with Gasteiger partial charge in [0.05, 0.1) is 0 Å². The van der Waals surface area contributed by atoms with Gasteiger partial charge in [0.1, 0.15) is 6.61 Å². The number of aliphatic hydroxyl groups is 1. The largest absolute Gasteiger partial charge is 0.384 e. The first kappa shape index (κ1) is 9.69. The van der Waals surface area contributed by atoms with Crippen LogP contribution in [0.3, 0.4) is 0 Å². The SMILES string of the molecule is OCC#Cc1ccc(C(F)F)cc1. The van der Waals surface area contributed by atoms with Crippen molar-refractivity contribution in [3.8, 4) is 11.8 Å². The maximum atomic E-state index is 12.1. The molecular formula is C10H8F2O. The number of benzene rings is 1. The second-order valence-corrected chi connectivity index (χ2v) is 2.38. The van der Waals surface area contributed by atoms with Crippen molar-refractivity contribution in [2.24, 2.45) is 0 Å². The van der Waals surface area contributed by atoms with Gasteiger partial charge in [0.2, 0.25) is 0 Å². The number of aliphatic hydroxyl groups excluding tert-OH is 1. The van der Waals surface area contributed by atoms with Crippen molar-refractivity contribution in [2.75, 3.05) is 6.61 Å². The van der Waals surface area contributed by atoms with Gasteiger partial charge < -0.3 is 5.11 Å². The number of rotatable bonds is 1. The van der Waals surface area contributed by atoms with Gasteiger partial charge in [-0.1, -0.05) is 24.0 Å². The molecule has 68 valence electrons. The molecule has 1 aromatic rings. The van der Waals surface area contributed by atoms with Crippen LogP contribution < -0.4 is 0 Å². The van der Waals surface area contributed by atoms with Gasteiger partial charge in [-0.25, -0.2) is 8.78 Å². The van der Waals surface area contributed by atoms with Crippen LogP contribution in [0.15, 0.2) is 24.3 Å². The number of hydrogen-bond donors (Lipinski definition) is 1. The van der Waals surface area contributed by atoms with E-state index in [2.05, 4.69) is 11.8 Å². The van der Waals surface area contributed by atoms with Gasteiger partial charge in [0, 0.05) is 11.1 Å². The molecular weight excluding hydrogens is 174 g/mol. The molecule has 3 heteroatoms. The zero-order valence-electron chi connectivity index (χ0n) is 6.80. The van der Waals surface area contributed by atoms with Crippen molar-refractivity contribution in [1.82, 2.24) is 0 Å². The van der Waals surface area contributed by atoms with Gasteiger partial charge in [-0.05, 0) is 12.1 Å². The van der Waals surface area contributed by atoms with Crippen molar-refractivity contribution in [3.05, 3.63) is 35.4 Å². The van der Waals surface area contributed by atoms with E-state index >= 15 is 0 Å². The minimum atomic E-state index is -2.44. The van der Waals surface area contributed by atoms with Crippen molar-refractivity contribution in [1.29, 1.82) is 0 Å². The summed E-state index contributed by atoms with van der Waals surface area (Å²) in [7, 11) is 0. The van der Waals surface area contributed by atoms with E-state index in [1.165, 1.54) is 24.3 Å². The lowest BCUT2D eigenvalue weighted by Crippen LogP contribution is -1.83. The molecule has 0 unspecified atom stereocenters. The smallest absolute Gasteiger partial charge is 0.263 e. The van der Waals surface area contributed by atoms with Crippen LogP contribution in [0.1, 0.15) is 17.6 Å². The Hall–Kier alpha value is -1.40. The molecule has 0 fully saturated rings. The molecule has 1 nitrogen and oxygen atoms in total. The number of halogens is 2. The predicted molar refractivity (Wildman–Crippen MR) is 45.4 cm³/mol. The lowest BCUT2D eigenvalue weighted by molar-refractivity contribution is 0.151. The Morgan fingerprint density at radius 3 is 2.31 bits per heavy atom. The zero-order chi connectivity index (χ0) is 9.68. The molecule has 0 atom stereocenters. The lowest BCUT2D eigenvalue weighted by atomic mass is 10.1. The third-order valence-corrected chi connectivity index (χ3v) is 1.47. The van der Waals surface area contributed by atoms with Gasteiger partial charge in [-0.15, -0.1) is 0 Å². The molecule has 1 rings (SSSR count). The van der Waals surface area contributed by atoms with Crippen LogP contribution in [-0.2, 0) is 0 Å². The Morgan fingerprint density at radius 1 is 1.23 bits per heavy atom. The molecule has 0 aromatic heterocycles. The Kier molecular flexibility index (Phi) is 3.41. The van der Waals surface area contributed by atoms with E-state index in [0.29, 0.717) is 5.56 Å². The van der Waals surface area contributed by atoms with Gasteiger partial charge in [-0.3, -0.25) is 0 Å². The third kappa shape index (κ3) is 2.85. The van der Waals surface area contributed by atoms with Crippen LogP contribution >= 0.6 is 0 Å². The minimum absolute atomic E-state index is 0.0189. The molecule has 1 N–H and O–H groups in total. The van der Waals surface area contributed by atoms with Crippen molar-refractivity contribution < 1.29 is 13.9 Å². The van der Waals surface area contributed by atoms with Crippen LogP contribution in [0.5, 0.6) is 0 Å². The normalized spacial score (nSPS) is 9.54. The van der Waals surface area contributed by atoms with E-state index < -0.39 is 6.43 Å². The molecule has 0 saturated carbocycles. The summed E-state index contributed by atoms with van der Waals surface area (Å²) in [5, 5.41) is 8.38. The average Bonchev–Trinajstić information content (AvgIpc) is 2.15. The highest BCUT2D eigenvalue weighted by atomic mass is 19.3. The molecule has 0 spiro atoms. The van der Waals surface area contributed by atoms with Crippen LogP contribution in [0, 0.1) is 11.8 Å². The fourth-order valence-corrected chi connectivity index (χ4v) is 0.854. The summed E-state index contributed by atoms with van der Waals surface area (Å²) in [6.45, 7) is -0.226. The van der Waals surface area contributed by atoms with Crippen molar-refractivity contribution in [3.63, 3.8) is 0 Å². The monoisotopic (exact) mass is 182 g/mol. The summed E-state index contributed by atoms with van der Waals surface area (Å²) in [5.74, 6) is 5.05. The quantitative estimate of drug-likeness (QED) is 0.658. The van der Waals surface area contributed by atoms with Crippen LogP contribution in [-0.4, -0.2) is 11.7 Å². The summed E-state index contributed by atoms with van der Waals surface area (Å²) < 4.78 is 24.1. The van der Waals surface area contributed by atoms with Crippen molar-refractivity contribution >= 4 is 0 Å². The van der Waals surface area contributed by atoms with Gasteiger partial charge in [0.15, 0.2) is 0 Å². The Morgan fingerprint density at radius 2 is 1.85 bits per heavy atom. The first-order chi connectivity index (χ1) is 6.24. The highest BCUT2D eigenvalue weighted by molar-refractivity contribution is 5.36. The lowest BCUT2D eigenvalue weighted by Gasteiger charge is -1.97. The van der Waals surface area contributed by atoms with Gasteiger partial charge in [0.25, 0.3) is 6.43 Å². The summed E-state index contributed by atoms with van der Waals surface area (Å²) in [4.78, 5) is 0. The number of alkyl halides is 2. The highest BCUT2D eigenvalue weighted by Crippen LogP contribution is 2.18. The third-order valence-electron chi connectivity index (χ3n) is 1.47. The van der Waals surface area contributed by atoms with Crippen LogP contribution in [0.25, 0.3) is 0 Å². The standard InChI is InChI=1S/C10H8F2O/c11-10(12)9-5-3-8(4-6-9)2-1-7-13/h3-6,10,13H,7H2. The second-order valence-electron chi connectivity index (χ2n) is 2.38. The highest BCUT2D eigenvalue weighted by Gasteiger charge is 2.04. The summed E-state index contributed by atoms with van der Waals surface area (Å²) in [6, 6.07) is 5.66. The van der Waals surface area contributed by atoms with Gasteiger partial charge in [-0.2, -0.15) is 0 Å². The van der Waals surface area contributed by atoms with Crippen LogP contribution in [0.4, 0.5) is 8.78 Å². The first-order valence-electron chi connectivity index (χ1n) is 3.72. The fourth-order valence-electron chi connectivity index (χ4n) is 0.854. The Balaban J connectivity index is 2.81. The van der Waals surface area contributed by atoms with Crippen LogP contribution in [0.2, 0.25) is 0 Å². The van der Waals surface area contributed by atoms with Crippen molar-refractivity contribution in [2.45, 2.75) is 6.43 Å². The summed E-state index contributed by atoms with van der Waals surface area (Å²) in [5.41, 5.74) is 0.605. The summed E-state index contributed by atoms with van der Waals surface area (Å²) in [6.07, 6.45) is -2.44. The molecule has 0 amide bonds. The number of hydrogen-bond acceptors (Lipinski definition) is 1. The molecule has 0 aliphatic heterocycles. The maximum Gasteiger partial charge on any atom is 0.263 e. The molecule has 0 bridgehead atoms. The molecule has 0 aliphatic carbocycles. The van der Waals surface area contributed by atoms with E-state index in [4.69, 9.17) is 5.11 Å². The topological polar surface area (TPSA) is 20.2 Å². The van der Waals surface area contributed by atoms with E-state index in [0.717, 1.165) is 0 Å². The maximum absolute atomic E-state index is 12.1. The Bertz CT molecular complexity index is 319. The van der Waals surface area contributed by atoms with Gasteiger partial charge >= 0.3 is 0 Å². The van der Waals surface area contributed by atoms with E-state index in [1.54, 1.807) is 0 Å². The molecule has 13 heavy (non-hydrogen) atoms. The van der Waals surface area contributed by atoms with E-state index in [1.807, 2.05) is 0 Å². The molecule has 0 radical (unpaired) electrons. The van der Waals surface area contributed by atoms with E-state index in [9.17, 15) is 8.78 Å². The zero-order valence-corrected chi connectivity index (χ0v) is 6.80. The predicted octanol–water partition coefficient (Wildman–Crippen LogP) is 1.97. The summed E-state index contributed by atoms with van der Waals surface area (Å²) >= 11 is 0. The molecule has 1 aromatic carbocycles. The molecule has 0 saturated heterocycles. The Labute approximate surface area is 75.0 Å². The average molecular weight is 182 g/mol. The second kappa shape index (κ2) is 4.58. The molecule has 0 heterocycles.